The number of nitrogens with one attached hydrogen (secondary N) is 1. The molecule has 2 aliphatic rings. The Morgan fingerprint density at radius 1 is 1.22 bits per heavy atom. The molecular weight excluding hydrogens is 310 g/mol. The number of hydrogen-bond donors (Lipinski definition) is 1. The van der Waals surface area contributed by atoms with Gasteiger partial charge in [0.2, 0.25) is 10.0 Å². The van der Waals surface area contributed by atoms with E-state index in [9.17, 15) is 8.42 Å². The summed E-state index contributed by atoms with van der Waals surface area (Å²) in [6, 6.07) is 7.59. The third-order valence-corrected chi connectivity index (χ3v) is 6.99. The highest BCUT2D eigenvalue weighted by molar-refractivity contribution is 7.89. The zero-order valence-corrected chi connectivity index (χ0v) is 14.0. The number of pyridine rings is 1. The molecule has 3 heterocycles. The van der Waals surface area contributed by atoms with Crippen LogP contribution in [0.25, 0.3) is 10.9 Å². The summed E-state index contributed by atoms with van der Waals surface area (Å²) < 4.78 is 28.5. The van der Waals surface area contributed by atoms with E-state index < -0.39 is 10.0 Å². The maximum atomic E-state index is 13.4. The second kappa shape index (κ2) is 5.54. The lowest BCUT2D eigenvalue weighted by atomic mass is 10.1. The fourth-order valence-corrected chi connectivity index (χ4v) is 5.96. The van der Waals surface area contributed by atoms with Crippen molar-refractivity contribution in [3.8, 4) is 0 Å². The monoisotopic (exact) mass is 331 g/mol. The minimum absolute atomic E-state index is 0.0632. The van der Waals surface area contributed by atoms with E-state index in [4.69, 9.17) is 0 Å². The molecule has 2 atom stereocenters. The van der Waals surface area contributed by atoms with E-state index >= 15 is 0 Å². The number of fused-ring (bicyclic) bond motifs is 3. The third kappa shape index (κ3) is 2.45. The van der Waals surface area contributed by atoms with Gasteiger partial charge in [-0.2, -0.15) is 4.31 Å². The number of sulfonamides is 1. The smallest absolute Gasteiger partial charge is 0.245 e. The van der Waals surface area contributed by atoms with Crippen LogP contribution in [0.3, 0.4) is 0 Å². The largest absolute Gasteiger partial charge is 0.315 e. The molecular formula is C17H21N3O2S. The zero-order valence-electron chi connectivity index (χ0n) is 13.2. The van der Waals surface area contributed by atoms with Crippen LogP contribution in [0, 0.1) is 6.92 Å². The Balaban J connectivity index is 1.86. The minimum Gasteiger partial charge on any atom is -0.315 e. The van der Waals surface area contributed by atoms with Gasteiger partial charge in [-0.05, 0) is 50.4 Å². The second-order valence-corrected chi connectivity index (χ2v) is 8.36. The van der Waals surface area contributed by atoms with Gasteiger partial charge in [0, 0.05) is 30.2 Å². The van der Waals surface area contributed by atoms with E-state index in [1.807, 2.05) is 25.1 Å². The lowest BCUT2D eigenvalue weighted by Gasteiger charge is -2.27. The summed E-state index contributed by atoms with van der Waals surface area (Å²) in [4.78, 5) is 4.76. The molecule has 0 aliphatic carbocycles. The molecule has 23 heavy (non-hydrogen) atoms. The van der Waals surface area contributed by atoms with Crippen LogP contribution in [-0.2, 0) is 10.0 Å². The Labute approximate surface area is 136 Å². The van der Waals surface area contributed by atoms with E-state index in [0.717, 1.165) is 43.3 Å². The highest BCUT2D eigenvalue weighted by Crippen LogP contribution is 2.35. The van der Waals surface area contributed by atoms with Gasteiger partial charge in [0.1, 0.15) is 4.90 Å². The van der Waals surface area contributed by atoms with Gasteiger partial charge < -0.3 is 5.32 Å². The van der Waals surface area contributed by atoms with E-state index in [0.29, 0.717) is 10.4 Å². The molecule has 2 unspecified atom stereocenters. The number of aryl methyl sites for hydroxylation is 1. The van der Waals surface area contributed by atoms with E-state index in [2.05, 4.69) is 10.3 Å². The number of hydrogen-bond acceptors (Lipinski definition) is 4. The molecule has 1 aromatic carbocycles. The van der Waals surface area contributed by atoms with Crippen molar-refractivity contribution in [3.05, 3.63) is 36.0 Å². The van der Waals surface area contributed by atoms with Gasteiger partial charge >= 0.3 is 0 Å². The van der Waals surface area contributed by atoms with Crippen LogP contribution in [0.5, 0.6) is 0 Å². The summed E-state index contributed by atoms with van der Waals surface area (Å²) in [7, 11) is -3.53. The molecule has 0 radical (unpaired) electrons. The van der Waals surface area contributed by atoms with Gasteiger partial charge in [-0.1, -0.05) is 12.1 Å². The zero-order chi connectivity index (χ0) is 16.0. The highest BCUT2D eigenvalue weighted by atomic mass is 32.2. The standard InChI is InChI=1S/C17H21N3O2S/c1-12-9-13-3-2-4-16(17(13)19-10-12)23(21,22)20-14-5-6-15(20)11-18-8-7-14/h2-4,9-10,14-15,18H,5-8,11H2,1H3. The number of rotatable bonds is 2. The molecule has 0 saturated carbocycles. The van der Waals surface area contributed by atoms with Crippen molar-refractivity contribution in [1.82, 2.24) is 14.6 Å². The van der Waals surface area contributed by atoms with Crippen molar-refractivity contribution in [1.29, 1.82) is 0 Å². The SMILES string of the molecule is Cc1cnc2c(S(=O)(=O)N3C4CCNCC3CC4)cccc2c1. The summed E-state index contributed by atoms with van der Waals surface area (Å²) >= 11 is 0. The summed E-state index contributed by atoms with van der Waals surface area (Å²) in [5, 5.41) is 4.24. The predicted octanol–water partition coefficient (Wildman–Crippen LogP) is 2.06. The summed E-state index contributed by atoms with van der Waals surface area (Å²) in [5.74, 6) is 0. The summed E-state index contributed by atoms with van der Waals surface area (Å²) in [6.45, 7) is 3.60. The van der Waals surface area contributed by atoms with Crippen LogP contribution in [0.15, 0.2) is 35.4 Å². The third-order valence-electron chi connectivity index (χ3n) is 4.95. The lowest BCUT2D eigenvalue weighted by molar-refractivity contribution is 0.335. The fourth-order valence-electron chi connectivity index (χ4n) is 3.90. The molecule has 2 saturated heterocycles. The van der Waals surface area contributed by atoms with Crippen molar-refractivity contribution in [3.63, 3.8) is 0 Å². The normalized spacial score (nSPS) is 25.6. The molecule has 4 rings (SSSR count). The van der Waals surface area contributed by atoms with Crippen LogP contribution in [0.2, 0.25) is 0 Å². The number of benzene rings is 1. The topological polar surface area (TPSA) is 62.3 Å². The first-order chi connectivity index (χ1) is 11.1. The van der Waals surface area contributed by atoms with Crippen LogP contribution in [-0.4, -0.2) is 42.9 Å². The first-order valence-corrected chi connectivity index (χ1v) is 9.61. The molecule has 6 heteroatoms. The van der Waals surface area contributed by atoms with Gasteiger partial charge in [0.05, 0.1) is 5.52 Å². The van der Waals surface area contributed by atoms with Crippen LogP contribution in [0.1, 0.15) is 24.8 Å². The molecule has 2 aromatic rings. The van der Waals surface area contributed by atoms with Crippen molar-refractivity contribution in [2.75, 3.05) is 13.1 Å². The Kier molecular flexibility index (Phi) is 3.63. The van der Waals surface area contributed by atoms with Crippen molar-refractivity contribution in [2.45, 2.75) is 43.2 Å². The lowest BCUT2D eigenvalue weighted by Crippen LogP contribution is -2.42. The Hall–Kier alpha value is -1.50. The van der Waals surface area contributed by atoms with Crippen LogP contribution >= 0.6 is 0 Å². The Morgan fingerprint density at radius 3 is 2.91 bits per heavy atom. The average Bonchev–Trinajstić information content (AvgIpc) is 2.80. The second-order valence-electron chi connectivity index (χ2n) is 6.55. The fraction of sp³-hybridized carbons (Fsp3) is 0.471. The average molecular weight is 331 g/mol. The molecule has 5 nitrogen and oxygen atoms in total. The number of nitrogens with zero attached hydrogens (tertiary/aromatic N) is 2. The molecule has 0 spiro atoms. The molecule has 2 bridgehead atoms. The molecule has 2 aliphatic heterocycles. The van der Waals surface area contributed by atoms with Gasteiger partial charge in [-0.3, -0.25) is 4.98 Å². The highest BCUT2D eigenvalue weighted by Gasteiger charge is 2.43. The van der Waals surface area contributed by atoms with Gasteiger partial charge in [0.25, 0.3) is 0 Å². The van der Waals surface area contributed by atoms with Gasteiger partial charge in [0.15, 0.2) is 0 Å². The maximum absolute atomic E-state index is 13.4. The number of aromatic nitrogens is 1. The van der Waals surface area contributed by atoms with Crippen LogP contribution in [0.4, 0.5) is 0 Å². The molecule has 1 aromatic heterocycles. The van der Waals surface area contributed by atoms with Crippen molar-refractivity contribution < 1.29 is 8.42 Å². The quantitative estimate of drug-likeness (QED) is 0.915. The number of para-hydroxylation sites is 1. The molecule has 2 fully saturated rings. The van der Waals surface area contributed by atoms with E-state index in [-0.39, 0.29) is 12.1 Å². The summed E-state index contributed by atoms with van der Waals surface area (Å²) in [5.41, 5.74) is 1.61. The molecule has 1 N–H and O–H groups in total. The van der Waals surface area contributed by atoms with Crippen LogP contribution < -0.4 is 5.32 Å². The minimum atomic E-state index is -3.53. The maximum Gasteiger partial charge on any atom is 0.245 e. The Bertz CT molecular complexity index is 836. The predicted molar refractivity (Wildman–Crippen MR) is 89.8 cm³/mol. The van der Waals surface area contributed by atoms with Gasteiger partial charge in [-0.25, -0.2) is 8.42 Å². The first kappa shape index (κ1) is 15.1. The molecule has 122 valence electrons. The summed E-state index contributed by atoms with van der Waals surface area (Å²) in [6.07, 6.45) is 4.52. The first-order valence-electron chi connectivity index (χ1n) is 8.17. The molecule has 0 amide bonds. The van der Waals surface area contributed by atoms with Crippen molar-refractivity contribution >= 4 is 20.9 Å². The van der Waals surface area contributed by atoms with E-state index in [1.165, 1.54) is 0 Å². The Morgan fingerprint density at radius 2 is 2.04 bits per heavy atom. The van der Waals surface area contributed by atoms with Gasteiger partial charge in [-0.15, -0.1) is 0 Å². The van der Waals surface area contributed by atoms with E-state index in [1.54, 1.807) is 16.6 Å². The van der Waals surface area contributed by atoms with Crippen molar-refractivity contribution in [2.24, 2.45) is 0 Å².